The number of sulfone groups is 1. The second kappa shape index (κ2) is 6.60. The predicted molar refractivity (Wildman–Crippen MR) is 114 cm³/mol. The Hall–Kier alpha value is -1.81. The Morgan fingerprint density at radius 3 is 2.28 bits per heavy atom. The zero-order valence-corrected chi connectivity index (χ0v) is 18.4. The SMILES string of the molecule is CC1(C)OB(c2ccc3sc(-c4ccc(S(C)(=O)=O)cc4F)nc3c2)OC1(C)C. The summed E-state index contributed by atoms with van der Waals surface area (Å²) in [4.78, 5) is 4.51. The standard InChI is InChI=1S/C20H21BFNO4S2/c1-19(2)20(3,4)27-21(26-19)12-6-9-17-16(10-12)23-18(28-17)14-8-7-13(11-15(14)22)29(5,24)25/h6-11H,1-5H3. The van der Waals surface area contributed by atoms with E-state index in [1.165, 1.54) is 23.5 Å². The van der Waals surface area contributed by atoms with Crippen molar-refractivity contribution < 1.29 is 22.1 Å². The Labute approximate surface area is 173 Å². The first-order valence-electron chi connectivity index (χ1n) is 9.13. The second-order valence-electron chi connectivity index (χ2n) is 8.25. The normalized spacial score (nSPS) is 18.5. The number of benzene rings is 2. The van der Waals surface area contributed by atoms with Gasteiger partial charge in [-0.05, 0) is 63.5 Å². The van der Waals surface area contributed by atoms with Gasteiger partial charge in [0.15, 0.2) is 9.84 Å². The second-order valence-corrected chi connectivity index (χ2v) is 11.3. The number of hydrogen-bond acceptors (Lipinski definition) is 6. The van der Waals surface area contributed by atoms with Crippen molar-refractivity contribution >= 4 is 44.0 Å². The van der Waals surface area contributed by atoms with E-state index in [9.17, 15) is 12.8 Å². The van der Waals surface area contributed by atoms with E-state index in [4.69, 9.17) is 9.31 Å². The third-order valence-corrected chi connectivity index (χ3v) is 7.72. The van der Waals surface area contributed by atoms with Gasteiger partial charge in [0.2, 0.25) is 0 Å². The molecule has 1 saturated heterocycles. The molecule has 0 N–H and O–H groups in total. The molecule has 3 aromatic rings. The smallest absolute Gasteiger partial charge is 0.399 e. The lowest BCUT2D eigenvalue weighted by Gasteiger charge is -2.32. The van der Waals surface area contributed by atoms with Crippen LogP contribution in [0.4, 0.5) is 4.39 Å². The largest absolute Gasteiger partial charge is 0.494 e. The van der Waals surface area contributed by atoms with Crippen molar-refractivity contribution in [1.82, 2.24) is 4.98 Å². The van der Waals surface area contributed by atoms with Gasteiger partial charge >= 0.3 is 7.12 Å². The molecule has 0 unspecified atom stereocenters. The van der Waals surface area contributed by atoms with Crippen LogP contribution in [0.15, 0.2) is 41.3 Å². The van der Waals surface area contributed by atoms with E-state index in [1.807, 2.05) is 45.9 Å². The van der Waals surface area contributed by atoms with E-state index in [1.54, 1.807) is 0 Å². The number of rotatable bonds is 3. The molecule has 0 amide bonds. The number of thiazole rings is 1. The summed E-state index contributed by atoms with van der Waals surface area (Å²) in [7, 11) is -3.97. The first-order chi connectivity index (χ1) is 13.4. The van der Waals surface area contributed by atoms with E-state index < -0.39 is 34.0 Å². The Balaban J connectivity index is 1.70. The molecule has 2 aromatic carbocycles. The van der Waals surface area contributed by atoms with Crippen LogP contribution in [0.1, 0.15) is 27.7 Å². The Bertz CT molecular complexity index is 1200. The molecule has 0 aliphatic carbocycles. The number of halogens is 1. The lowest BCUT2D eigenvalue weighted by molar-refractivity contribution is 0.00578. The van der Waals surface area contributed by atoms with Crippen LogP contribution >= 0.6 is 11.3 Å². The van der Waals surface area contributed by atoms with Crippen molar-refractivity contribution in [3.8, 4) is 10.6 Å². The fourth-order valence-corrected chi connectivity index (χ4v) is 4.69. The highest BCUT2D eigenvalue weighted by atomic mass is 32.2. The third kappa shape index (κ3) is 3.61. The molecule has 2 heterocycles. The van der Waals surface area contributed by atoms with Crippen molar-refractivity contribution in [3.63, 3.8) is 0 Å². The maximum Gasteiger partial charge on any atom is 0.494 e. The van der Waals surface area contributed by atoms with Crippen molar-refractivity contribution in [2.45, 2.75) is 43.8 Å². The van der Waals surface area contributed by atoms with E-state index in [2.05, 4.69) is 4.98 Å². The maximum absolute atomic E-state index is 14.6. The minimum atomic E-state index is -3.47. The van der Waals surface area contributed by atoms with Crippen molar-refractivity contribution in [2.75, 3.05) is 6.26 Å². The monoisotopic (exact) mass is 433 g/mol. The number of aromatic nitrogens is 1. The van der Waals surface area contributed by atoms with Gasteiger partial charge < -0.3 is 9.31 Å². The van der Waals surface area contributed by atoms with Crippen LogP contribution in [0.2, 0.25) is 0 Å². The van der Waals surface area contributed by atoms with E-state index in [0.29, 0.717) is 10.5 Å². The highest BCUT2D eigenvalue weighted by molar-refractivity contribution is 7.90. The molecular formula is C20H21BFNO4S2. The van der Waals surface area contributed by atoms with Crippen molar-refractivity contribution in [3.05, 3.63) is 42.2 Å². The predicted octanol–water partition coefficient (Wildman–Crippen LogP) is 3.81. The van der Waals surface area contributed by atoms with Crippen LogP contribution in [-0.4, -0.2) is 38.0 Å². The molecular weight excluding hydrogens is 412 g/mol. The van der Waals surface area contributed by atoms with Crippen LogP contribution in [-0.2, 0) is 19.1 Å². The highest BCUT2D eigenvalue weighted by Crippen LogP contribution is 2.37. The molecule has 29 heavy (non-hydrogen) atoms. The lowest BCUT2D eigenvalue weighted by Crippen LogP contribution is -2.41. The third-order valence-electron chi connectivity index (χ3n) is 5.54. The summed E-state index contributed by atoms with van der Waals surface area (Å²) >= 11 is 1.35. The zero-order chi connectivity index (χ0) is 21.2. The van der Waals surface area contributed by atoms with Gasteiger partial charge in [-0.15, -0.1) is 11.3 Å². The van der Waals surface area contributed by atoms with E-state index in [0.717, 1.165) is 22.5 Å². The van der Waals surface area contributed by atoms with Crippen LogP contribution in [0, 0.1) is 5.82 Å². The molecule has 0 saturated carbocycles. The molecule has 9 heteroatoms. The molecule has 0 radical (unpaired) electrons. The Kier molecular flexibility index (Phi) is 4.66. The van der Waals surface area contributed by atoms with Gasteiger partial charge in [0.1, 0.15) is 10.8 Å². The maximum atomic E-state index is 14.6. The summed E-state index contributed by atoms with van der Waals surface area (Å²) in [5.41, 5.74) is 0.954. The average molecular weight is 433 g/mol. The molecule has 0 spiro atoms. The van der Waals surface area contributed by atoms with Crippen molar-refractivity contribution in [2.24, 2.45) is 0 Å². The van der Waals surface area contributed by atoms with Gasteiger partial charge in [-0.2, -0.15) is 0 Å². The van der Waals surface area contributed by atoms with Gasteiger partial charge in [0, 0.05) is 11.8 Å². The van der Waals surface area contributed by atoms with Gasteiger partial charge in [0.05, 0.1) is 26.3 Å². The van der Waals surface area contributed by atoms with Gasteiger partial charge in [0.25, 0.3) is 0 Å². The van der Waals surface area contributed by atoms with E-state index in [-0.39, 0.29) is 10.5 Å². The summed E-state index contributed by atoms with van der Waals surface area (Å²) in [5.74, 6) is -0.613. The summed E-state index contributed by atoms with van der Waals surface area (Å²) in [5, 5.41) is 0.489. The number of nitrogens with zero attached hydrogens (tertiary/aromatic N) is 1. The molecule has 1 fully saturated rings. The van der Waals surface area contributed by atoms with Gasteiger partial charge in [-0.25, -0.2) is 17.8 Å². The molecule has 4 rings (SSSR count). The molecule has 0 atom stereocenters. The first kappa shape index (κ1) is 20.5. The molecule has 1 aliphatic heterocycles. The molecule has 1 aromatic heterocycles. The van der Waals surface area contributed by atoms with Crippen LogP contribution in [0.5, 0.6) is 0 Å². The fourth-order valence-electron chi connectivity index (χ4n) is 3.09. The van der Waals surface area contributed by atoms with Crippen LogP contribution in [0.25, 0.3) is 20.8 Å². The minimum Gasteiger partial charge on any atom is -0.399 e. The fraction of sp³-hybridized carbons (Fsp3) is 0.350. The summed E-state index contributed by atoms with van der Waals surface area (Å²) in [6.07, 6.45) is 1.05. The summed E-state index contributed by atoms with van der Waals surface area (Å²) in [6.45, 7) is 7.98. The van der Waals surface area contributed by atoms with Crippen molar-refractivity contribution in [1.29, 1.82) is 0 Å². The van der Waals surface area contributed by atoms with Crippen LogP contribution < -0.4 is 5.46 Å². The number of hydrogen-bond donors (Lipinski definition) is 0. The minimum absolute atomic E-state index is 0.0529. The average Bonchev–Trinajstić information content (AvgIpc) is 3.11. The first-order valence-corrected chi connectivity index (χ1v) is 11.8. The summed E-state index contributed by atoms with van der Waals surface area (Å²) in [6, 6.07) is 9.62. The van der Waals surface area contributed by atoms with Crippen LogP contribution in [0.3, 0.4) is 0 Å². The van der Waals surface area contributed by atoms with Gasteiger partial charge in [-0.1, -0.05) is 6.07 Å². The highest BCUT2D eigenvalue weighted by Gasteiger charge is 2.51. The molecule has 5 nitrogen and oxygen atoms in total. The lowest BCUT2D eigenvalue weighted by atomic mass is 9.79. The van der Waals surface area contributed by atoms with Gasteiger partial charge in [-0.3, -0.25) is 0 Å². The number of fused-ring (bicyclic) bond motifs is 1. The zero-order valence-electron chi connectivity index (χ0n) is 16.8. The quantitative estimate of drug-likeness (QED) is 0.588. The van der Waals surface area contributed by atoms with E-state index >= 15 is 0 Å². The molecule has 0 bridgehead atoms. The topological polar surface area (TPSA) is 65.5 Å². The summed E-state index contributed by atoms with van der Waals surface area (Å²) < 4.78 is 50.9. The Morgan fingerprint density at radius 1 is 1.03 bits per heavy atom. The Morgan fingerprint density at radius 2 is 1.69 bits per heavy atom. The molecule has 1 aliphatic rings. The molecule has 152 valence electrons.